The van der Waals surface area contributed by atoms with Crippen LogP contribution in [-0.2, 0) is 11.3 Å². The van der Waals surface area contributed by atoms with Gasteiger partial charge in [-0.15, -0.1) is 0 Å². The number of carbonyl (C=O) groups excluding carboxylic acids is 1. The van der Waals surface area contributed by atoms with Crippen LogP contribution in [0.25, 0.3) is 0 Å². The minimum Gasteiger partial charge on any atom is -0.395 e. The predicted molar refractivity (Wildman–Crippen MR) is 79.2 cm³/mol. The van der Waals surface area contributed by atoms with E-state index in [-0.39, 0.29) is 37.5 Å². The largest absolute Gasteiger partial charge is 0.395 e. The second-order valence-electron chi connectivity index (χ2n) is 5.52. The Hall–Kier alpha value is -1.46. The lowest BCUT2D eigenvalue weighted by Crippen LogP contribution is -2.44. The number of nitrogens with zero attached hydrogens (tertiary/aromatic N) is 1. The maximum atomic E-state index is 13.5. The van der Waals surface area contributed by atoms with Gasteiger partial charge in [-0.1, -0.05) is 31.0 Å². The third-order valence-corrected chi connectivity index (χ3v) is 3.99. The van der Waals surface area contributed by atoms with Gasteiger partial charge in [0.1, 0.15) is 5.82 Å². The molecule has 1 atom stereocenters. The molecular weight excluding hydrogens is 271 g/mol. The van der Waals surface area contributed by atoms with E-state index in [1.54, 1.807) is 18.2 Å². The fourth-order valence-corrected chi connectivity index (χ4v) is 2.73. The van der Waals surface area contributed by atoms with Gasteiger partial charge in [0.2, 0.25) is 5.91 Å². The maximum Gasteiger partial charge on any atom is 0.234 e. The van der Waals surface area contributed by atoms with Crippen LogP contribution in [0.3, 0.4) is 0 Å². The van der Waals surface area contributed by atoms with Gasteiger partial charge in [-0.25, -0.2) is 4.39 Å². The van der Waals surface area contributed by atoms with Crippen molar-refractivity contribution in [2.45, 2.75) is 38.3 Å². The molecule has 2 N–H and O–H groups in total. The summed E-state index contributed by atoms with van der Waals surface area (Å²) >= 11 is 0. The monoisotopic (exact) mass is 294 g/mol. The van der Waals surface area contributed by atoms with E-state index >= 15 is 0 Å². The van der Waals surface area contributed by atoms with Gasteiger partial charge in [0.15, 0.2) is 0 Å². The number of nitrogens with one attached hydrogen (secondary N) is 1. The van der Waals surface area contributed by atoms with Gasteiger partial charge in [-0.05, 0) is 25.5 Å². The molecule has 116 valence electrons. The Kier molecular flexibility index (Phi) is 6.14. The molecule has 21 heavy (non-hydrogen) atoms. The smallest absolute Gasteiger partial charge is 0.234 e. The summed E-state index contributed by atoms with van der Waals surface area (Å²) in [4.78, 5) is 14.0. The van der Waals surface area contributed by atoms with Crippen molar-refractivity contribution in [1.82, 2.24) is 10.2 Å². The molecule has 4 nitrogen and oxygen atoms in total. The van der Waals surface area contributed by atoms with Crippen molar-refractivity contribution in [1.29, 1.82) is 0 Å². The number of aliphatic hydroxyl groups is 1. The van der Waals surface area contributed by atoms with Gasteiger partial charge in [-0.2, -0.15) is 0 Å². The van der Waals surface area contributed by atoms with Crippen LogP contribution in [0.5, 0.6) is 0 Å². The van der Waals surface area contributed by atoms with E-state index in [1.165, 1.54) is 6.07 Å². The number of amides is 1. The van der Waals surface area contributed by atoms with Gasteiger partial charge in [0, 0.05) is 18.2 Å². The number of likely N-dealkylation sites (tertiary alicyclic amines) is 1. The summed E-state index contributed by atoms with van der Waals surface area (Å²) in [7, 11) is 0. The lowest BCUT2D eigenvalue weighted by Gasteiger charge is -2.27. The number of hydrogen-bond donors (Lipinski definition) is 2. The quantitative estimate of drug-likeness (QED) is 0.869. The van der Waals surface area contributed by atoms with Crippen molar-refractivity contribution in [2.24, 2.45) is 0 Å². The van der Waals surface area contributed by atoms with Gasteiger partial charge in [0.05, 0.1) is 13.2 Å². The molecule has 0 aliphatic carbocycles. The predicted octanol–water partition coefficient (Wildman–Crippen LogP) is 1.68. The Morgan fingerprint density at radius 1 is 1.33 bits per heavy atom. The second-order valence-corrected chi connectivity index (χ2v) is 5.52. The molecule has 1 amide bonds. The molecule has 5 heteroatoms. The first-order valence-corrected chi connectivity index (χ1v) is 7.55. The van der Waals surface area contributed by atoms with Crippen molar-refractivity contribution in [3.63, 3.8) is 0 Å². The first-order valence-electron chi connectivity index (χ1n) is 7.55. The third kappa shape index (κ3) is 4.79. The molecule has 0 saturated carbocycles. The van der Waals surface area contributed by atoms with Crippen LogP contribution in [0.15, 0.2) is 24.3 Å². The van der Waals surface area contributed by atoms with Crippen molar-refractivity contribution >= 4 is 5.91 Å². The standard InChI is InChI=1S/C16H23FN2O2/c17-15-8-4-3-6-13(15)10-18-16(21)11-19-9-5-1-2-7-14(19)12-20/h3-4,6,8,14,20H,1-2,5,7,9-12H2,(H,18,21). The number of carbonyl (C=O) groups is 1. The average molecular weight is 294 g/mol. The van der Waals surface area contributed by atoms with Gasteiger partial charge < -0.3 is 10.4 Å². The zero-order valence-corrected chi connectivity index (χ0v) is 12.2. The van der Waals surface area contributed by atoms with E-state index in [4.69, 9.17) is 0 Å². The van der Waals surface area contributed by atoms with Crippen molar-refractivity contribution in [2.75, 3.05) is 19.7 Å². The highest BCUT2D eigenvalue weighted by atomic mass is 19.1. The van der Waals surface area contributed by atoms with Crippen LogP contribution in [0, 0.1) is 5.82 Å². The molecule has 1 aliphatic heterocycles. The average Bonchev–Trinajstić information content (AvgIpc) is 2.71. The van der Waals surface area contributed by atoms with Crippen LogP contribution in [0.1, 0.15) is 31.2 Å². The minimum absolute atomic E-state index is 0.0618. The zero-order valence-electron chi connectivity index (χ0n) is 12.2. The molecular formula is C16H23FN2O2. The van der Waals surface area contributed by atoms with Crippen LogP contribution in [0.2, 0.25) is 0 Å². The molecule has 1 aromatic rings. The first-order chi connectivity index (χ1) is 10.2. The van der Waals surface area contributed by atoms with Crippen LogP contribution >= 0.6 is 0 Å². The van der Waals surface area contributed by atoms with Crippen molar-refractivity contribution in [3.8, 4) is 0 Å². The molecule has 0 spiro atoms. The first kappa shape index (κ1) is 15.9. The van der Waals surface area contributed by atoms with Crippen molar-refractivity contribution < 1.29 is 14.3 Å². The highest BCUT2D eigenvalue weighted by Gasteiger charge is 2.22. The Morgan fingerprint density at radius 3 is 2.90 bits per heavy atom. The molecule has 1 saturated heterocycles. The Morgan fingerprint density at radius 2 is 2.14 bits per heavy atom. The molecule has 0 aromatic heterocycles. The van der Waals surface area contributed by atoms with E-state index in [2.05, 4.69) is 5.32 Å². The normalized spacial score (nSPS) is 20.0. The summed E-state index contributed by atoms with van der Waals surface area (Å²) in [6, 6.07) is 6.49. The SMILES string of the molecule is O=C(CN1CCCCCC1CO)NCc1ccccc1F. The lowest BCUT2D eigenvalue weighted by molar-refractivity contribution is -0.123. The van der Waals surface area contributed by atoms with E-state index in [0.717, 1.165) is 32.2 Å². The van der Waals surface area contributed by atoms with Crippen LogP contribution < -0.4 is 5.32 Å². The second kappa shape index (κ2) is 8.10. The molecule has 2 rings (SSSR count). The summed E-state index contributed by atoms with van der Waals surface area (Å²) in [5.74, 6) is -0.431. The van der Waals surface area contributed by atoms with Gasteiger partial charge in [-0.3, -0.25) is 9.69 Å². The van der Waals surface area contributed by atoms with Gasteiger partial charge in [0.25, 0.3) is 0 Å². The third-order valence-electron chi connectivity index (χ3n) is 3.99. The molecule has 1 fully saturated rings. The number of hydrogen-bond acceptors (Lipinski definition) is 3. The van der Waals surface area contributed by atoms with E-state index in [1.807, 2.05) is 4.90 Å². The molecule has 1 unspecified atom stereocenters. The summed E-state index contributed by atoms with van der Waals surface area (Å²) < 4.78 is 13.5. The number of aliphatic hydroxyl groups excluding tert-OH is 1. The van der Waals surface area contributed by atoms with E-state index in [9.17, 15) is 14.3 Å². The Labute approximate surface area is 125 Å². The summed E-state index contributed by atoms with van der Waals surface area (Å²) in [6.45, 7) is 1.38. The number of benzene rings is 1. The number of rotatable bonds is 5. The Bertz CT molecular complexity index is 467. The fourth-order valence-electron chi connectivity index (χ4n) is 2.73. The summed E-state index contributed by atoms with van der Waals surface area (Å²) in [6.07, 6.45) is 4.22. The number of halogens is 1. The molecule has 1 aliphatic rings. The lowest BCUT2D eigenvalue weighted by atomic mass is 10.1. The van der Waals surface area contributed by atoms with Crippen LogP contribution in [0.4, 0.5) is 4.39 Å². The maximum absolute atomic E-state index is 13.5. The van der Waals surface area contributed by atoms with Crippen LogP contribution in [-0.4, -0.2) is 41.7 Å². The topological polar surface area (TPSA) is 52.6 Å². The summed E-state index contributed by atoms with van der Waals surface area (Å²) in [5, 5.41) is 12.2. The van der Waals surface area contributed by atoms with Gasteiger partial charge >= 0.3 is 0 Å². The van der Waals surface area contributed by atoms with Crippen molar-refractivity contribution in [3.05, 3.63) is 35.6 Å². The molecule has 0 bridgehead atoms. The Balaban J connectivity index is 1.84. The zero-order chi connectivity index (χ0) is 15.1. The minimum atomic E-state index is -0.305. The summed E-state index contributed by atoms with van der Waals surface area (Å²) in [5.41, 5.74) is 0.487. The molecule has 1 aromatic carbocycles. The highest BCUT2D eigenvalue weighted by Crippen LogP contribution is 2.16. The molecule has 0 radical (unpaired) electrons. The van der Waals surface area contributed by atoms with E-state index < -0.39 is 0 Å². The molecule has 1 heterocycles. The fraction of sp³-hybridized carbons (Fsp3) is 0.562. The highest BCUT2D eigenvalue weighted by molar-refractivity contribution is 5.78. The van der Waals surface area contributed by atoms with E-state index in [0.29, 0.717) is 5.56 Å².